The van der Waals surface area contributed by atoms with Crippen LogP contribution < -0.4 is 5.32 Å². The molecule has 25 heavy (non-hydrogen) atoms. The van der Waals surface area contributed by atoms with Crippen molar-refractivity contribution in [2.24, 2.45) is 0 Å². The summed E-state index contributed by atoms with van der Waals surface area (Å²) in [4.78, 5) is 21.7. The molecule has 0 spiro atoms. The van der Waals surface area contributed by atoms with E-state index in [9.17, 15) is 9.18 Å². The number of carbonyl (C=O) groups excluding carboxylic acids is 1. The third-order valence-corrected chi connectivity index (χ3v) is 4.84. The van der Waals surface area contributed by atoms with Gasteiger partial charge in [-0.15, -0.1) is 0 Å². The van der Waals surface area contributed by atoms with E-state index in [0.717, 1.165) is 35.3 Å². The van der Waals surface area contributed by atoms with Crippen molar-refractivity contribution in [3.8, 4) is 0 Å². The molecule has 126 valence electrons. The molecule has 1 amide bonds. The van der Waals surface area contributed by atoms with Gasteiger partial charge in [-0.05, 0) is 62.6 Å². The Labute approximate surface area is 145 Å². The Balaban J connectivity index is 1.62. The van der Waals surface area contributed by atoms with Crippen LogP contribution in [0.4, 0.5) is 4.39 Å². The minimum absolute atomic E-state index is 0.149. The number of carbonyl (C=O) groups is 1. The summed E-state index contributed by atoms with van der Waals surface area (Å²) in [7, 11) is 0. The first-order chi connectivity index (χ1) is 12.0. The molecule has 4 rings (SSSR count). The number of aryl methyl sites for hydroxylation is 2. The van der Waals surface area contributed by atoms with Crippen LogP contribution in [0.3, 0.4) is 0 Å². The number of amides is 1. The van der Waals surface area contributed by atoms with Crippen molar-refractivity contribution in [1.29, 1.82) is 0 Å². The van der Waals surface area contributed by atoms with Crippen molar-refractivity contribution < 1.29 is 9.18 Å². The minimum Gasteiger partial charge on any atom is -0.343 e. The van der Waals surface area contributed by atoms with Crippen LogP contribution in [-0.2, 0) is 5.54 Å². The standard InChI is InChI=1S/C20H18FN3O/c1-12-13(2)23-18-11-14(3-8-17(18)22-12)19(25)24-20(9-10-20)15-4-6-16(21)7-5-15/h3-8,11H,9-10H2,1-2H3,(H,24,25). The lowest BCUT2D eigenvalue weighted by Gasteiger charge is -2.18. The molecular weight excluding hydrogens is 317 g/mol. The first-order valence-electron chi connectivity index (χ1n) is 8.30. The molecular formula is C20H18FN3O. The van der Waals surface area contributed by atoms with Crippen molar-refractivity contribution in [1.82, 2.24) is 15.3 Å². The third-order valence-electron chi connectivity index (χ3n) is 4.84. The van der Waals surface area contributed by atoms with Crippen LogP contribution >= 0.6 is 0 Å². The molecule has 4 nitrogen and oxygen atoms in total. The lowest BCUT2D eigenvalue weighted by atomic mass is 10.0. The van der Waals surface area contributed by atoms with Gasteiger partial charge in [0, 0.05) is 5.56 Å². The number of fused-ring (bicyclic) bond motifs is 1. The molecule has 3 aromatic rings. The van der Waals surface area contributed by atoms with Crippen LogP contribution in [0.2, 0.25) is 0 Å². The number of hydrogen-bond donors (Lipinski definition) is 1. The highest BCUT2D eigenvalue weighted by molar-refractivity contribution is 5.98. The second-order valence-corrected chi connectivity index (χ2v) is 6.64. The fraction of sp³-hybridized carbons (Fsp3) is 0.250. The fourth-order valence-corrected chi connectivity index (χ4v) is 3.04. The summed E-state index contributed by atoms with van der Waals surface area (Å²) in [5, 5.41) is 3.10. The molecule has 0 unspecified atom stereocenters. The second kappa shape index (κ2) is 5.62. The third kappa shape index (κ3) is 2.86. The van der Waals surface area contributed by atoms with Crippen LogP contribution in [0.15, 0.2) is 42.5 Å². The van der Waals surface area contributed by atoms with Gasteiger partial charge in [0.1, 0.15) is 5.82 Å². The summed E-state index contributed by atoms with van der Waals surface area (Å²) in [6, 6.07) is 11.7. The Bertz CT molecular complexity index is 978. The topological polar surface area (TPSA) is 54.9 Å². The number of benzene rings is 2. The Kier molecular flexibility index (Phi) is 3.53. The van der Waals surface area contributed by atoms with Crippen LogP contribution in [0.1, 0.15) is 40.2 Å². The molecule has 1 aromatic heterocycles. The van der Waals surface area contributed by atoms with Crippen molar-refractivity contribution in [2.75, 3.05) is 0 Å². The normalized spacial score (nSPS) is 15.2. The number of hydrogen-bond acceptors (Lipinski definition) is 3. The van der Waals surface area contributed by atoms with E-state index in [0.29, 0.717) is 11.1 Å². The highest BCUT2D eigenvalue weighted by atomic mass is 19.1. The summed E-state index contributed by atoms with van der Waals surface area (Å²) < 4.78 is 13.1. The van der Waals surface area contributed by atoms with Gasteiger partial charge in [-0.25, -0.2) is 14.4 Å². The maximum Gasteiger partial charge on any atom is 0.252 e. The van der Waals surface area contributed by atoms with Gasteiger partial charge in [0.25, 0.3) is 5.91 Å². The average Bonchev–Trinajstić information content (AvgIpc) is 3.36. The minimum atomic E-state index is -0.380. The lowest BCUT2D eigenvalue weighted by molar-refractivity contribution is 0.0931. The predicted octanol–water partition coefficient (Wildman–Crippen LogP) is 3.80. The van der Waals surface area contributed by atoms with E-state index in [1.165, 1.54) is 12.1 Å². The smallest absolute Gasteiger partial charge is 0.252 e. The zero-order valence-corrected chi connectivity index (χ0v) is 14.1. The number of halogens is 1. The highest BCUT2D eigenvalue weighted by Crippen LogP contribution is 2.45. The van der Waals surface area contributed by atoms with E-state index in [4.69, 9.17) is 0 Å². The molecule has 1 fully saturated rings. The van der Waals surface area contributed by atoms with Gasteiger partial charge in [0.15, 0.2) is 0 Å². The number of nitrogens with one attached hydrogen (secondary N) is 1. The van der Waals surface area contributed by atoms with Crippen LogP contribution in [0.5, 0.6) is 0 Å². The fourth-order valence-electron chi connectivity index (χ4n) is 3.04. The van der Waals surface area contributed by atoms with Gasteiger partial charge in [-0.1, -0.05) is 12.1 Å². The largest absolute Gasteiger partial charge is 0.343 e. The molecule has 1 aliphatic rings. The number of rotatable bonds is 3. The highest BCUT2D eigenvalue weighted by Gasteiger charge is 2.45. The van der Waals surface area contributed by atoms with E-state index in [2.05, 4.69) is 15.3 Å². The van der Waals surface area contributed by atoms with Crippen molar-refractivity contribution >= 4 is 16.9 Å². The van der Waals surface area contributed by atoms with Crippen LogP contribution in [0.25, 0.3) is 11.0 Å². The Hall–Kier alpha value is -2.82. The molecule has 1 N–H and O–H groups in total. The van der Waals surface area contributed by atoms with Gasteiger partial charge in [0.2, 0.25) is 0 Å². The maximum absolute atomic E-state index is 13.1. The van der Waals surface area contributed by atoms with E-state index >= 15 is 0 Å². The SMILES string of the molecule is Cc1nc2ccc(C(=O)NC3(c4ccc(F)cc4)CC3)cc2nc1C. The van der Waals surface area contributed by atoms with E-state index in [1.54, 1.807) is 24.3 Å². The van der Waals surface area contributed by atoms with Crippen molar-refractivity contribution in [2.45, 2.75) is 32.2 Å². The van der Waals surface area contributed by atoms with Gasteiger partial charge in [-0.3, -0.25) is 4.79 Å². The zero-order chi connectivity index (χ0) is 17.6. The van der Waals surface area contributed by atoms with Crippen molar-refractivity contribution in [3.63, 3.8) is 0 Å². The van der Waals surface area contributed by atoms with Gasteiger partial charge in [-0.2, -0.15) is 0 Å². The van der Waals surface area contributed by atoms with Crippen LogP contribution in [-0.4, -0.2) is 15.9 Å². The summed E-state index contributed by atoms with van der Waals surface area (Å²) >= 11 is 0. The first kappa shape index (κ1) is 15.7. The summed E-state index contributed by atoms with van der Waals surface area (Å²) in [6.07, 6.45) is 1.71. The number of aromatic nitrogens is 2. The molecule has 0 atom stereocenters. The zero-order valence-electron chi connectivity index (χ0n) is 14.1. The molecule has 0 bridgehead atoms. The van der Waals surface area contributed by atoms with E-state index in [-0.39, 0.29) is 17.3 Å². The first-order valence-corrected chi connectivity index (χ1v) is 8.30. The number of nitrogens with zero attached hydrogens (tertiary/aromatic N) is 2. The molecule has 1 heterocycles. The second-order valence-electron chi connectivity index (χ2n) is 6.64. The maximum atomic E-state index is 13.1. The molecule has 0 saturated heterocycles. The average molecular weight is 335 g/mol. The molecule has 2 aromatic carbocycles. The molecule has 1 saturated carbocycles. The van der Waals surface area contributed by atoms with E-state index in [1.807, 2.05) is 19.9 Å². The molecule has 5 heteroatoms. The van der Waals surface area contributed by atoms with Gasteiger partial charge in [0.05, 0.1) is 28.0 Å². The Morgan fingerprint density at radius 2 is 1.64 bits per heavy atom. The lowest BCUT2D eigenvalue weighted by Crippen LogP contribution is -2.34. The monoisotopic (exact) mass is 335 g/mol. The summed E-state index contributed by atoms with van der Waals surface area (Å²) in [5.74, 6) is -0.423. The summed E-state index contributed by atoms with van der Waals surface area (Å²) in [6.45, 7) is 3.82. The van der Waals surface area contributed by atoms with Gasteiger partial charge < -0.3 is 5.32 Å². The molecule has 0 radical (unpaired) electrons. The predicted molar refractivity (Wildman–Crippen MR) is 93.8 cm³/mol. The Morgan fingerprint density at radius 1 is 1.00 bits per heavy atom. The Morgan fingerprint density at radius 3 is 2.28 bits per heavy atom. The van der Waals surface area contributed by atoms with Crippen LogP contribution in [0, 0.1) is 19.7 Å². The van der Waals surface area contributed by atoms with E-state index < -0.39 is 0 Å². The molecule has 1 aliphatic carbocycles. The quantitative estimate of drug-likeness (QED) is 0.792. The van der Waals surface area contributed by atoms with Gasteiger partial charge >= 0.3 is 0 Å². The van der Waals surface area contributed by atoms with Crippen molar-refractivity contribution in [3.05, 3.63) is 70.8 Å². The molecule has 0 aliphatic heterocycles. The summed E-state index contributed by atoms with van der Waals surface area (Å²) in [5.41, 5.74) is 4.34.